The van der Waals surface area contributed by atoms with E-state index >= 15 is 0 Å². The summed E-state index contributed by atoms with van der Waals surface area (Å²) in [4.78, 5) is 14.3. The Kier molecular flexibility index (Phi) is 6.03. The fourth-order valence-corrected chi connectivity index (χ4v) is 3.63. The molecule has 2 aromatic heterocycles. The lowest BCUT2D eigenvalue weighted by Crippen LogP contribution is -2.11. The van der Waals surface area contributed by atoms with E-state index in [0.717, 1.165) is 17.1 Å². The SMILES string of the molecule is O=C(CCCSc1ccccc1)Nc1nnc(Cc2cccs2)o1. The van der Waals surface area contributed by atoms with Gasteiger partial charge in [-0.3, -0.25) is 10.1 Å². The van der Waals surface area contributed by atoms with Gasteiger partial charge in [-0.2, -0.15) is 0 Å². The Morgan fingerprint density at radius 2 is 2.04 bits per heavy atom. The maximum atomic E-state index is 11.9. The van der Waals surface area contributed by atoms with E-state index in [0.29, 0.717) is 18.7 Å². The number of nitrogens with zero attached hydrogens (tertiary/aromatic N) is 2. The summed E-state index contributed by atoms with van der Waals surface area (Å²) in [5.41, 5.74) is 0. The number of aromatic nitrogens is 2. The normalized spacial score (nSPS) is 10.7. The molecule has 0 bridgehead atoms. The van der Waals surface area contributed by atoms with Crippen molar-refractivity contribution in [2.24, 2.45) is 0 Å². The molecule has 0 aliphatic rings. The predicted molar refractivity (Wildman–Crippen MR) is 96.5 cm³/mol. The summed E-state index contributed by atoms with van der Waals surface area (Å²) in [7, 11) is 0. The van der Waals surface area contributed by atoms with Gasteiger partial charge in [0.25, 0.3) is 0 Å². The first kappa shape index (κ1) is 16.7. The standard InChI is InChI=1S/C17H17N3O2S2/c21-15(9-5-11-23-13-6-2-1-3-7-13)18-17-20-19-16(22-17)12-14-8-4-10-24-14/h1-4,6-8,10H,5,9,11-12H2,(H,18,20,21). The minimum atomic E-state index is -0.102. The number of carbonyl (C=O) groups excluding carboxylic acids is 1. The molecule has 3 aromatic rings. The lowest BCUT2D eigenvalue weighted by atomic mass is 10.3. The van der Waals surface area contributed by atoms with E-state index in [1.54, 1.807) is 23.1 Å². The Balaban J connectivity index is 1.38. The molecule has 1 amide bonds. The van der Waals surface area contributed by atoms with Crippen LogP contribution in [-0.4, -0.2) is 21.9 Å². The Hall–Kier alpha value is -2.12. The molecule has 0 saturated carbocycles. The molecule has 0 radical (unpaired) electrons. The lowest BCUT2D eigenvalue weighted by molar-refractivity contribution is -0.116. The van der Waals surface area contributed by atoms with Gasteiger partial charge in [-0.1, -0.05) is 29.4 Å². The van der Waals surface area contributed by atoms with E-state index in [2.05, 4.69) is 27.6 Å². The molecule has 2 heterocycles. The minimum Gasteiger partial charge on any atom is -0.407 e. The van der Waals surface area contributed by atoms with Gasteiger partial charge in [-0.25, -0.2) is 0 Å². The number of anilines is 1. The molecule has 0 aliphatic heterocycles. The summed E-state index contributed by atoms with van der Waals surface area (Å²) >= 11 is 3.38. The first-order valence-electron chi connectivity index (χ1n) is 7.62. The van der Waals surface area contributed by atoms with Crippen LogP contribution in [0.3, 0.4) is 0 Å². The number of carbonyl (C=O) groups is 1. The maximum Gasteiger partial charge on any atom is 0.322 e. The van der Waals surface area contributed by atoms with Crippen molar-refractivity contribution in [3.05, 3.63) is 58.6 Å². The number of thioether (sulfide) groups is 1. The van der Waals surface area contributed by atoms with Crippen LogP contribution in [0.25, 0.3) is 0 Å². The Labute approximate surface area is 148 Å². The topological polar surface area (TPSA) is 68.0 Å². The molecular formula is C17H17N3O2S2. The van der Waals surface area contributed by atoms with Gasteiger partial charge in [0, 0.05) is 16.2 Å². The summed E-state index contributed by atoms with van der Waals surface area (Å²) in [6.45, 7) is 0. The molecule has 0 aliphatic carbocycles. The molecule has 0 spiro atoms. The quantitative estimate of drug-likeness (QED) is 0.481. The molecule has 3 rings (SSSR count). The molecule has 1 N–H and O–H groups in total. The molecular weight excluding hydrogens is 342 g/mol. The largest absolute Gasteiger partial charge is 0.407 e. The highest BCUT2D eigenvalue weighted by Gasteiger charge is 2.10. The molecule has 5 nitrogen and oxygen atoms in total. The van der Waals surface area contributed by atoms with Gasteiger partial charge < -0.3 is 4.42 Å². The van der Waals surface area contributed by atoms with Crippen molar-refractivity contribution in [3.8, 4) is 0 Å². The first-order chi connectivity index (χ1) is 11.8. The second-order valence-electron chi connectivity index (χ2n) is 5.07. The number of hydrogen-bond acceptors (Lipinski definition) is 6. The zero-order chi connectivity index (χ0) is 16.6. The summed E-state index contributed by atoms with van der Waals surface area (Å²) in [6, 6.07) is 14.3. The van der Waals surface area contributed by atoms with Gasteiger partial charge in [0.2, 0.25) is 11.8 Å². The lowest BCUT2D eigenvalue weighted by Gasteiger charge is -2.01. The zero-order valence-electron chi connectivity index (χ0n) is 13.0. The van der Waals surface area contributed by atoms with Crippen molar-refractivity contribution in [2.45, 2.75) is 24.2 Å². The van der Waals surface area contributed by atoms with Crippen LogP contribution in [0.4, 0.5) is 6.01 Å². The van der Waals surface area contributed by atoms with Crippen LogP contribution < -0.4 is 5.32 Å². The smallest absolute Gasteiger partial charge is 0.322 e. The number of amides is 1. The van der Waals surface area contributed by atoms with E-state index in [1.807, 2.05) is 35.7 Å². The first-order valence-corrected chi connectivity index (χ1v) is 9.48. The van der Waals surface area contributed by atoms with Crippen molar-refractivity contribution in [1.82, 2.24) is 10.2 Å². The molecule has 0 fully saturated rings. The van der Waals surface area contributed by atoms with Crippen LogP contribution in [0.1, 0.15) is 23.6 Å². The van der Waals surface area contributed by atoms with Crippen LogP contribution in [0.15, 0.2) is 57.2 Å². The van der Waals surface area contributed by atoms with E-state index in [1.165, 1.54) is 4.90 Å². The van der Waals surface area contributed by atoms with Gasteiger partial charge in [-0.05, 0) is 35.8 Å². The monoisotopic (exact) mass is 359 g/mol. The Bertz CT molecular complexity index is 757. The number of nitrogens with one attached hydrogen (secondary N) is 1. The van der Waals surface area contributed by atoms with E-state index < -0.39 is 0 Å². The summed E-state index contributed by atoms with van der Waals surface area (Å²) in [6.07, 6.45) is 1.82. The second kappa shape index (κ2) is 8.65. The molecule has 0 saturated heterocycles. The maximum absolute atomic E-state index is 11.9. The average molecular weight is 359 g/mol. The summed E-state index contributed by atoms with van der Waals surface area (Å²) in [5, 5.41) is 12.5. The van der Waals surface area contributed by atoms with Crippen LogP contribution in [0.2, 0.25) is 0 Å². The van der Waals surface area contributed by atoms with Crippen molar-refractivity contribution in [2.75, 3.05) is 11.1 Å². The van der Waals surface area contributed by atoms with Gasteiger partial charge in [0.05, 0.1) is 6.42 Å². The van der Waals surface area contributed by atoms with E-state index in [4.69, 9.17) is 4.42 Å². The van der Waals surface area contributed by atoms with Crippen LogP contribution in [-0.2, 0) is 11.2 Å². The van der Waals surface area contributed by atoms with Gasteiger partial charge >= 0.3 is 6.01 Å². The third-order valence-electron chi connectivity index (χ3n) is 3.18. The molecule has 7 heteroatoms. The van der Waals surface area contributed by atoms with E-state index in [9.17, 15) is 4.79 Å². The molecule has 0 unspecified atom stereocenters. The van der Waals surface area contributed by atoms with Crippen LogP contribution >= 0.6 is 23.1 Å². The summed E-state index contributed by atoms with van der Waals surface area (Å²) < 4.78 is 5.45. The summed E-state index contributed by atoms with van der Waals surface area (Å²) in [5.74, 6) is 1.30. The Morgan fingerprint density at radius 3 is 2.83 bits per heavy atom. The van der Waals surface area contributed by atoms with Crippen molar-refractivity contribution in [1.29, 1.82) is 0 Å². The van der Waals surface area contributed by atoms with Gasteiger partial charge in [-0.15, -0.1) is 28.2 Å². The Morgan fingerprint density at radius 1 is 1.17 bits per heavy atom. The predicted octanol–water partition coefficient (Wildman–Crippen LogP) is 4.23. The van der Waals surface area contributed by atoms with Crippen LogP contribution in [0, 0.1) is 0 Å². The fourth-order valence-electron chi connectivity index (χ4n) is 2.06. The van der Waals surface area contributed by atoms with Crippen molar-refractivity contribution >= 4 is 35.0 Å². The molecule has 0 atom stereocenters. The molecule has 1 aromatic carbocycles. The number of rotatable bonds is 8. The highest BCUT2D eigenvalue weighted by Crippen LogP contribution is 2.19. The second-order valence-corrected chi connectivity index (χ2v) is 7.27. The third kappa shape index (κ3) is 5.21. The minimum absolute atomic E-state index is 0.102. The van der Waals surface area contributed by atoms with Crippen molar-refractivity contribution < 1.29 is 9.21 Å². The molecule has 24 heavy (non-hydrogen) atoms. The molecule has 124 valence electrons. The van der Waals surface area contributed by atoms with Crippen LogP contribution in [0.5, 0.6) is 0 Å². The fraction of sp³-hybridized carbons (Fsp3) is 0.235. The van der Waals surface area contributed by atoms with Gasteiger partial charge in [0.15, 0.2) is 0 Å². The van der Waals surface area contributed by atoms with Crippen molar-refractivity contribution in [3.63, 3.8) is 0 Å². The number of benzene rings is 1. The third-order valence-corrected chi connectivity index (χ3v) is 5.15. The van der Waals surface area contributed by atoms with E-state index in [-0.39, 0.29) is 11.9 Å². The van der Waals surface area contributed by atoms with Gasteiger partial charge in [0.1, 0.15) is 0 Å². The number of hydrogen-bond donors (Lipinski definition) is 1. The number of thiophene rings is 1. The average Bonchev–Trinajstić information content (AvgIpc) is 3.25. The highest BCUT2D eigenvalue weighted by molar-refractivity contribution is 7.99. The highest BCUT2D eigenvalue weighted by atomic mass is 32.2. The zero-order valence-corrected chi connectivity index (χ0v) is 14.6.